The molecule has 1 saturated heterocycles. The quantitative estimate of drug-likeness (QED) is 0.454. The number of aromatic nitrogens is 2. The van der Waals surface area contributed by atoms with E-state index < -0.39 is 23.6 Å². The number of nitrogens with one attached hydrogen (secondary N) is 2. The zero-order chi connectivity index (χ0) is 24.4. The van der Waals surface area contributed by atoms with Crippen LogP contribution in [0.25, 0.3) is 5.69 Å². The van der Waals surface area contributed by atoms with Gasteiger partial charge in [-0.1, -0.05) is 35.3 Å². The van der Waals surface area contributed by atoms with Gasteiger partial charge in [-0.25, -0.2) is 4.98 Å². The van der Waals surface area contributed by atoms with Crippen molar-refractivity contribution in [1.82, 2.24) is 14.9 Å². The third kappa shape index (κ3) is 4.98. The highest BCUT2D eigenvalue weighted by Crippen LogP contribution is 2.33. The van der Waals surface area contributed by atoms with Crippen LogP contribution in [0.3, 0.4) is 0 Å². The molecule has 1 atom stereocenters. The van der Waals surface area contributed by atoms with E-state index in [2.05, 4.69) is 20.4 Å². The molecule has 1 aliphatic rings. The molecule has 0 radical (unpaired) electrons. The van der Waals surface area contributed by atoms with E-state index in [0.717, 1.165) is 48.0 Å². The van der Waals surface area contributed by atoms with Crippen molar-refractivity contribution >= 4 is 40.6 Å². The van der Waals surface area contributed by atoms with Crippen molar-refractivity contribution in [3.05, 3.63) is 74.3 Å². The van der Waals surface area contributed by atoms with Gasteiger partial charge in [0, 0.05) is 23.9 Å². The molecule has 8 nitrogen and oxygen atoms in total. The molecule has 1 aliphatic heterocycles. The Bertz CT molecular complexity index is 1270. The Labute approximate surface area is 202 Å². The molecular formula is C22H19Cl2F2N5O3. The Kier molecular flexibility index (Phi) is 7.01. The molecule has 0 saturated carbocycles. The number of anilines is 2. The van der Waals surface area contributed by atoms with Gasteiger partial charge >= 0.3 is 6.61 Å². The summed E-state index contributed by atoms with van der Waals surface area (Å²) in [6.45, 7) is -2.16. The third-order valence-corrected chi connectivity index (χ3v) is 5.87. The molecule has 2 aromatic carbocycles. The van der Waals surface area contributed by atoms with Crippen LogP contribution in [0.4, 0.5) is 20.3 Å². The molecule has 4 N–H and O–H groups in total. The maximum Gasteiger partial charge on any atom is 0.387 e. The molecule has 1 aromatic heterocycles. The van der Waals surface area contributed by atoms with Crippen molar-refractivity contribution < 1.29 is 18.3 Å². The molecule has 12 heteroatoms. The number of benzene rings is 2. The van der Waals surface area contributed by atoms with Crippen LogP contribution in [0.15, 0.2) is 47.5 Å². The highest BCUT2D eigenvalue weighted by atomic mass is 35.5. The number of hydrogen-bond acceptors (Lipinski definition) is 6. The van der Waals surface area contributed by atoms with Gasteiger partial charge in [-0.05, 0) is 37.1 Å². The minimum absolute atomic E-state index is 0.0641. The Morgan fingerprint density at radius 2 is 2.00 bits per heavy atom. The van der Waals surface area contributed by atoms with E-state index in [1.807, 2.05) is 12.1 Å². The SMILES string of the molecule is Nc1ncn(-c2c(Cl)cc(OC(F)F)cc2Cl)c(=O)c1C(=O)Nc1cccc([C@@H]2CCCN2)c1. The van der Waals surface area contributed by atoms with Crippen molar-refractivity contribution in [3.8, 4) is 11.4 Å². The van der Waals surface area contributed by atoms with E-state index in [4.69, 9.17) is 28.9 Å². The van der Waals surface area contributed by atoms with Crippen LogP contribution in [-0.4, -0.2) is 28.6 Å². The molecule has 1 amide bonds. The minimum Gasteiger partial charge on any atom is -0.435 e. The molecule has 0 unspecified atom stereocenters. The number of nitrogen functional groups attached to an aromatic ring is 1. The second-order valence-electron chi connectivity index (χ2n) is 7.52. The molecule has 4 rings (SSSR count). The molecule has 0 bridgehead atoms. The van der Waals surface area contributed by atoms with Crippen LogP contribution in [-0.2, 0) is 0 Å². The predicted molar refractivity (Wildman–Crippen MR) is 125 cm³/mol. The molecule has 3 aromatic rings. The number of nitrogens with zero attached hydrogens (tertiary/aromatic N) is 2. The lowest BCUT2D eigenvalue weighted by atomic mass is 10.0. The number of halogens is 4. The lowest BCUT2D eigenvalue weighted by Crippen LogP contribution is -2.31. The van der Waals surface area contributed by atoms with E-state index in [1.165, 1.54) is 0 Å². The van der Waals surface area contributed by atoms with Crippen molar-refractivity contribution in [1.29, 1.82) is 0 Å². The van der Waals surface area contributed by atoms with Crippen LogP contribution < -0.4 is 26.7 Å². The first-order valence-corrected chi connectivity index (χ1v) is 11.0. The number of amides is 1. The maximum atomic E-state index is 13.2. The van der Waals surface area contributed by atoms with Gasteiger partial charge in [-0.3, -0.25) is 14.2 Å². The number of carbonyl (C=O) groups is 1. The number of nitrogens with two attached hydrogens (primary N) is 1. The molecule has 178 valence electrons. The standard InChI is InChI=1S/C22H19Cl2F2N5O3/c23-14-8-13(34-22(25)26)9-15(24)18(14)31-10-29-19(27)17(21(31)33)20(32)30-12-4-1-3-11(7-12)16-5-2-6-28-16/h1,3-4,7-10,16,22,28H,2,5-6,27H2,(H,30,32)/t16-/m0/s1. The summed E-state index contributed by atoms with van der Waals surface area (Å²) in [5.74, 6) is -1.36. The van der Waals surface area contributed by atoms with Crippen LogP contribution in [0.1, 0.15) is 34.8 Å². The molecular weight excluding hydrogens is 491 g/mol. The van der Waals surface area contributed by atoms with E-state index in [9.17, 15) is 18.4 Å². The van der Waals surface area contributed by atoms with Crippen molar-refractivity contribution in [2.24, 2.45) is 0 Å². The van der Waals surface area contributed by atoms with Gasteiger partial charge < -0.3 is 21.1 Å². The fraction of sp³-hybridized carbons (Fsp3) is 0.227. The normalized spacial score (nSPS) is 15.5. The van der Waals surface area contributed by atoms with Crippen molar-refractivity contribution in [2.45, 2.75) is 25.5 Å². The second kappa shape index (κ2) is 9.96. The fourth-order valence-corrected chi connectivity index (χ4v) is 4.43. The average Bonchev–Trinajstić information content (AvgIpc) is 3.29. The summed E-state index contributed by atoms with van der Waals surface area (Å²) >= 11 is 12.3. The molecule has 34 heavy (non-hydrogen) atoms. The smallest absolute Gasteiger partial charge is 0.387 e. The number of hydrogen-bond donors (Lipinski definition) is 3. The fourth-order valence-electron chi connectivity index (χ4n) is 3.78. The monoisotopic (exact) mass is 509 g/mol. The zero-order valence-corrected chi connectivity index (χ0v) is 19.0. The van der Waals surface area contributed by atoms with Gasteiger partial charge in [0.2, 0.25) is 0 Å². The topological polar surface area (TPSA) is 111 Å². The summed E-state index contributed by atoms with van der Waals surface area (Å²) in [6, 6.07) is 9.60. The van der Waals surface area contributed by atoms with Gasteiger partial charge in [-0.2, -0.15) is 8.78 Å². The highest BCUT2D eigenvalue weighted by Gasteiger charge is 2.22. The summed E-state index contributed by atoms with van der Waals surface area (Å²) < 4.78 is 30.2. The lowest BCUT2D eigenvalue weighted by molar-refractivity contribution is -0.0498. The lowest BCUT2D eigenvalue weighted by Gasteiger charge is -2.15. The van der Waals surface area contributed by atoms with Gasteiger partial charge in [0.1, 0.15) is 23.5 Å². The molecule has 0 aliphatic carbocycles. The van der Waals surface area contributed by atoms with Crippen LogP contribution in [0.2, 0.25) is 10.0 Å². The zero-order valence-electron chi connectivity index (χ0n) is 17.5. The van der Waals surface area contributed by atoms with Crippen LogP contribution in [0, 0.1) is 0 Å². The van der Waals surface area contributed by atoms with E-state index in [-0.39, 0.29) is 33.3 Å². The summed E-state index contributed by atoms with van der Waals surface area (Å²) in [5, 5.41) is 5.72. The van der Waals surface area contributed by atoms with E-state index >= 15 is 0 Å². The Morgan fingerprint density at radius 1 is 1.26 bits per heavy atom. The Balaban J connectivity index is 1.67. The van der Waals surface area contributed by atoms with Gasteiger partial charge in [0.15, 0.2) is 0 Å². The van der Waals surface area contributed by atoms with Crippen molar-refractivity contribution in [3.63, 3.8) is 0 Å². The molecule has 1 fully saturated rings. The van der Waals surface area contributed by atoms with Gasteiger partial charge in [-0.15, -0.1) is 0 Å². The van der Waals surface area contributed by atoms with E-state index in [0.29, 0.717) is 5.69 Å². The maximum absolute atomic E-state index is 13.2. The summed E-state index contributed by atoms with van der Waals surface area (Å²) in [6.07, 6.45) is 3.09. The van der Waals surface area contributed by atoms with E-state index in [1.54, 1.807) is 12.1 Å². The Morgan fingerprint density at radius 3 is 2.65 bits per heavy atom. The molecule has 0 spiro atoms. The van der Waals surface area contributed by atoms with Crippen molar-refractivity contribution in [2.75, 3.05) is 17.6 Å². The molecule has 2 heterocycles. The summed E-state index contributed by atoms with van der Waals surface area (Å²) in [4.78, 5) is 30.1. The first kappa shape index (κ1) is 23.9. The number of rotatable bonds is 6. The predicted octanol–water partition coefficient (Wildman–Crippen LogP) is 4.40. The number of alkyl halides is 2. The first-order valence-electron chi connectivity index (χ1n) is 10.2. The third-order valence-electron chi connectivity index (χ3n) is 5.29. The van der Waals surface area contributed by atoms with Crippen LogP contribution in [0.5, 0.6) is 5.75 Å². The Hall–Kier alpha value is -3.21. The van der Waals surface area contributed by atoms with Gasteiger partial charge in [0.05, 0.1) is 15.7 Å². The largest absolute Gasteiger partial charge is 0.435 e. The minimum atomic E-state index is -3.09. The highest BCUT2D eigenvalue weighted by molar-refractivity contribution is 6.38. The number of ether oxygens (including phenoxy) is 1. The van der Waals surface area contributed by atoms with Crippen LogP contribution >= 0.6 is 23.2 Å². The summed E-state index contributed by atoms with van der Waals surface area (Å²) in [5.41, 5.74) is 6.00. The van der Waals surface area contributed by atoms with Gasteiger partial charge in [0.25, 0.3) is 11.5 Å². The average molecular weight is 510 g/mol. The number of carbonyl (C=O) groups excluding carboxylic acids is 1. The summed E-state index contributed by atoms with van der Waals surface area (Å²) in [7, 11) is 0. The first-order chi connectivity index (χ1) is 16.2. The second-order valence-corrected chi connectivity index (χ2v) is 8.34.